The number of hydrogen-bond acceptors (Lipinski definition) is 1. The maximum absolute atomic E-state index is 10.5. The second kappa shape index (κ2) is 6.41. The molecule has 1 rings (SSSR count). The van der Waals surface area contributed by atoms with Gasteiger partial charge in [-0.3, -0.25) is 0 Å². The van der Waals surface area contributed by atoms with Crippen LogP contribution in [0, 0.1) is 0 Å². The fourth-order valence-electron chi connectivity index (χ4n) is 2.21. The molecule has 0 saturated carbocycles. The summed E-state index contributed by atoms with van der Waals surface area (Å²) >= 11 is 3.42. The van der Waals surface area contributed by atoms with Crippen LogP contribution >= 0.6 is 15.9 Å². The lowest BCUT2D eigenvalue weighted by atomic mass is 9.86. The van der Waals surface area contributed by atoms with Gasteiger partial charge in [0, 0.05) is 10.9 Å². The van der Waals surface area contributed by atoms with Crippen molar-refractivity contribution >= 4 is 15.9 Å². The first kappa shape index (κ1) is 13.7. The van der Waals surface area contributed by atoms with E-state index in [1.807, 2.05) is 12.1 Å². The molecule has 0 aliphatic carbocycles. The van der Waals surface area contributed by atoms with E-state index in [9.17, 15) is 5.11 Å². The molecule has 0 spiro atoms. The summed E-state index contributed by atoms with van der Waals surface area (Å²) in [5.41, 5.74) is 0.699. The van der Waals surface area contributed by atoms with Crippen LogP contribution < -0.4 is 0 Å². The van der Waals surface area contributed by atoms with Gasteiger partial charge in [0.05, 0.1) is 5.60 Å². The molecule has 0 aliphatic rings. The van der Waals surface area contributed by atoms with Crippen molar-refractivity contribution < 1.29 is 5.11 Å². The van der Waals surface area contributed by atoms with Crippen molar-refractivity contribution in [1.82, 2.24) is 0 Å². The van der Waals surface area contributed by atoms with Crippen molar-refractivity contribution in [2.24, 2.45) is 0 Å². The first-order chi connectivity index (χ1) is 7.59. The number of halogens is 1. The molecule has 0 atom stereocenters. The summed E-state index contributed by atoms with van der Waals surface area (Å²) in [4.78, 5) is 0. The minimum absolute atomic E-state index is 0.517. The quantitative estimate of drug-likeness (QED) is 0.825. The minimum Gasteiger partial charge on any atom is -0.390 e. The predicted molar refractivity (Wildman–Crippen MR) is 72.6 cm³/mol. The Morgan fingerprint density at radius 2 is 1.56 bits per heavy atom. The average molecular weight is 285 g/mol. The summed E-state index contributed by atoms with van der Waals surface area (Å²) in [6.45, 7) is 4.25. The van der Waals surface area contributed by atoms with Gasteiger partial charge in [-0.2, -0.15) is 0 Å². The Kier molecular flexibility index (Phi) is 5.50. The summed E-state index contributed by atoms with van der Waals surface area (Å²) in [7, 11) is 0. The van der Waals surface area contributed by atoms with E-state index in [1.165, 1.54) is 5.56 Å². The highest BCUT2D eigenvalue weighted by Gasteiger charge is 2.24. The molecule has 0 saturated heterocycles. The molecule has 0 radical (unpaired) electrons. The molecule has 0 aliphatic heterocycles. The second-order valence-electron chi connectivity index (χ2n) is 4.53. The van der Waals surface area contributed by atoms with E-state index in [0.717, 1.165) is 36.6 Å². The summed E-state index contributed by atoms with van der Waals surface area (Å²) in [5.74, 6) is 0. The lowest BCUT2D eigenvalue weighted by Crippen LogP contribution is -2.31. The Bertz CT molecular complexity index is 299. The molecule has 0 aromatic heterocycles. The molecule has 1 aromatic carbocycles. The summed E-state index contributed by atoms with van der Waals surface area (Å²) in [6, 6.07) is 8.24. The zero-order valence-electron chi connectivity index (χ0n) is 10.2. The predicted octanol–water partition coefficient (Wildman–Crippen LogP) is 4.32. The molecule has 16 heavy (non-hydrogen) atoms. The van der Waals surface area contributed by atoms with Crippen molar-refractivity contribution in [3.63, 3.8) is 0 Å². The first-order valence-corrected chi connectivity index (χ1v) is 6.86. The fraction of sp³-hybridized carbons (Fsp3) is 0.571. The fourth-order valence-corrected chi connectivity index (χ4v) is 2.48. The lowest BCUT2D eigenvalue weighted by Gasteiger charge is -2.27. The highest BCUT2D eigenvalue weighted by Crippen LogP contribution is 2.25. The Morgan fingerprint density at radius 3 is 2.00 bits per heavy atom. The van der Waals surface area contributed by atoms with Crippen LogP contribution in [0.2, 0.25) is 0 Å². The van der Waals surface area contributed by atoms with E-state index >= 15 is 0 Å². The van der Waals surface area contributed by atoms with Gasteiger partial charge in [0.25, 0.3) is 0 Å². The van der Waals surface area contributed by atoms with E-state index in [-0.39, 0.29) is 0 Å². The zero-order chi connectivity index (χ0) is 12.0. The number of hydrogen-bond donors (Lipinski definition) is 1. The highest BCUT2D eigenvalue weighted by molar-refractivity contribution is 9.10. The molecule has 1 N–H and O–H groups in total. The average Bonchev–Trinajstić information content (AvgIpc) is 2.22. The van der Waals surface area contributed by atoms with Crippen molar-refractivity contribution in [3.8, 4) is 0 Å². The molecule has 0 amide bonds. The van der Waals surface area contributed by atoms with Gasteiger partial charge in [0.2, 0.25) is 0 Å². The number of rotatable bonds is 6. The molecular formula is C14H21BrO. The smallest absolute Gasteiger partial charge is 0.0687 e. The van der Waals surface area contributed by atoms with Crippen molar-refractivity contribution in [1.29, 1.82) is 0 Å². The van der Waals surface area contributed by atoms with E-state index in [2.05, 4.69) is 41.9 Å². The van der Waals surface area contributed by atoms with Gasteiger partial charge in [-0.15, -0.1) is 0 Å². The molecule has 0 unspecified atom stereocenters. The molecule has 90 valence electrons. The maximum Gasteiger partial charge on any atom is 0.0687 e. The molecule has 0 heterocycles. The van der Waals surface area contributed by atoms with E-state index in [1.54, 1.807) is 0 Å². The molecular weight excluding hydrogens is 264 g/mol. The summed E-state index contributed by atoms with van der Waals surface area (Å²) in [6.07, 6.45) is 4.61. The topological polar surface area (TPSA) is 20.2 Å². The van der Waals surface area contributed by atoms with Crippen LogP contribution in [0.25, 0.3) is 0 Å². The normalized spacial score (nSPS) is 11.8. The van der Waals surface area contributed by atoms with Gasteiger partial charge in [-0.05, 0) is 30.5 Å². The van der Waals surface area contributed by atoms with E-state index in [0.29, 0.717) is 0 Å². The van der Waals surface area contributed by atoms with Gasteiger partial charge in [0.15, 0.2) is 0 Å². The monoisotopic (exact) mass is 284 g/mol. The highest BCUT2D eigenvalue weighted by atomic mass is 79.9. The van der Waals surface area contributed by atoms with E-state index in [4.69, 9.17) is 0 Å². The van der Waals surface area contributed by atoms with E-state index < -0.39 is 5.60 Å². The van der Waals surface area contributed by atoms with Crippen LogP contribution in [0.4, 0.5) is 0 Å². The number of aliphatic hydroxyl groups is 1. The van der Waals surface area contributed by atoms with Gasteiger partial charge in [-0.1, -0.05) is 54.8 Å². The maximum atomic E-state index is 10.5. The summed E-state index contributed by atoms with van der Waals surface area (Å²) in [5, 5.41) is 10.5. The standard InChI is InChI=1S/C14H21BrO/c1-3-9-14(16,10-4-2)11-12-5-7-13(15)8-6-12/h5-8,16H,3-4,9-11H2,1-2H3. The minimum atomic E-state index is -0.517. The first-order valence-electron chi connectivity index (χ1n) is 6.06. The van der Waals surface area contributed by atoms with Crippen molar-refractivity contribution in [2.75, 3.05) is 0 Å². The Labute approximate surface area is 107 Å². The van der Waals surface area contributed by atoms with Gasteiger partial charge < -0.3 is 5.11 Å². The molecule has 0 bridgehead atoms. The van der Waals surface area contributed by atoms with Crippen LogP contribution in [0.1, 0.15) is 45.1 Å². The Balaban J connectivity index is 2.70. The zero-order valence-corrected chi connectivity index (χ0v) is 11.8. The van der Waals surface area contributed by atoms with Crippen LogP contribution in [0.15, 0.2) is 28.7 Å². The third-order valence-corrected chi connectivity index (χ3v) is 3.41. The van der Waals surface area contributed by atoms with Gasteiger partial charge in [-0.25, -0.2) is 0 Å². The van der Waals surface area contributed by atoms with Crippen molar-refractivity contribution in [2.45, 2.75) is 51.6 Å². The van der Waals surface area contributed by atoms with Crippen molar-refractivity contribution in [3.05, 3.63) is 34.3 Å². The third kappa shape index (κ3) is 4.26. The molecule has 1 nitrogen and oxygen atoms in total. The van der Waals surface area contributed by atoms with Gasteiger partial charge in [0.1, 0.15) is 0 Å². The SMILES string of the molecule is CCCC(O)(CCC)Cc1ccc(Br)cc1. The van der Waals surface area contributed by atoms with Gasteiger partial charge >= 0.3 is 0 Å². The van der Waals surface area contributed by atoms with Crippen LogP contribution in [-0.2, 0) is 6.42 Å². The number of benzene rings is 1. The molecule has 1 aromatic rings. The second-order valence-corrected chi connectivity index (χ2v) is 5.44. The van der Waals surface area contributed by atoms with Crippen LogP contribution in [-0.4, -0.2) is 10.7 Å². The molecule has 0 fully saturated rings. The van der Waals surface area contributed by atoms with Crippen LogP contribution in [0.5, 0.6) is 0 Å². The summed E-state index contributed by atoms with van der Waals surface area (Å²) < 4.78 is 1.09. The third-order valence-electron chi connectivity index (χ3n) is 2.88. The van der Waals surface area contributed by atoms with Crippen LogP contribution in [0.3, 0.4) is 0 Å². The Morgan fingerprint density at radius 1 is 1.06 bits per heavy atom. The largest absolute Gasteiger partial charge is 0.390 e. The lowest BCUT2D eigenvalue weighted by molar-refractivity contribution is 0.0216. The molecule has 2 heteroatoms. The Hall–Kier alpha value is -0.340.